The van der Waals surface area contributed by atoms with E-state index in [1.54, 1.807) is 11.0 Å². The van der Waals surface area contributed by atoms with Crippen molar-refractivity contribution in [2.75, 3.05) is 6.54 Å². The molecule has 0 unspecified atom stereocenters. The van der Waals surface area contributed by atoms with E-state index in [-0.39, 0.29) is 6.04 Å². The Morgan fingerprint density at radius 2 is 2.32 bits per heavy atom. The van der Waals surface area contributed by atoms with E-state index in [0.717, 1.165) is 41.4 Å². The summed E-state index contributed by atoms with van der Waals surface area (Å²) in [5.74, 6) is 0.736. The van der Waals surface area contributed by atoms with Crippen molar-refractivity contribution in [3.05, 3.63) is 40.3 Å². The van der Waals surface area contributed by atoms with Gasteiger partial charge >= 0.3 is 0 Å². The van der Waals surface area contributed by atoms with Crippen LogP contribution in [0.5, 0.6) is 0 Å². The zero-order valence-corrected chi connectivity index (χ0v) is 13.0. The fraction of sp³-hybridized carbons (Fsp3) is 0.357. The van der Waals surface area contributed by atoms with Gasteiger partial charge in [-0.1, -0.05) is 16.8 Å². The molecule has 0 aliphatic carbocycles. The summed E-state index contributed by atoms with van der Waals surface area (Å²) in [6.07, 6.45) is 2.64. The van der Waals surface area contributed by atoms with Crippen molar-refractivity contribution in [1.82, 2.24) is 30.2 Å². The van der Waals surface area contributed by atoms with Crippen molar-refractivity contribution in [1.29, 1.82) is 0 Å². The zero-order chi connectivity index (χ0) is 15.3. The molecule has 114 valence electrons. The lowest BCUT2D eigenvalue weighted by atomic mass is 9.97. The van der Waals surface area contributed by atoms with Crippen LogP contribution in [0.15, 0.2) is 16.9 Å². The van der Waals surface area contributed by atoms with Gasteiger partial charge in [0.1, 0.15) is 22.3 Å². The third-order valence-corrected chi connectivity index (χ3v) is 4.37. The SMILES string of the molecule is Cc1cc(-c2nn(C)c(Cl)c2[C@@H]2NCCc3[nH]cnc32)no1. The third kappa shape index (κ3) is 1.97. The first kappa shape index (κ1) is 13.5. The quantitative estimate of drug-likeness (QED) is 0.755. The molecule has 2 N–H and O–H groups in total. The number of nitrogens with one attached hydrogen (secondary N) is 2. The van der Waals surface area contributed by atoms with Gasteiger partial charge in [0.2, 0.25) is 0 Å². The highest BCUT2D eigenvalue weighted by Crippen LogP contribution is 2.37. The first-order valence-electron chi connectivity index (χ1n) is 7.06. The number of aryl methyl sites for hydroxylation is 2. The first-order chi connectivity index (χ1) is 10.6. The summed E-state index contributed by atoms with van der Waals surface area (Å²) in [5, 5.41) is 12.6. The van der Waals surface area contributed by atoms with E-state index < -0.39 is 0 Å². The Morgan fingerprint density at radius 3 is 3.09 bits per heavy atom. The van der Waals surface area contributed by atoms with E-state index in [9.17, 15) is 0 Å². The summed E-state index contributed by atoms with van der Waals surface area (Å²) in [7, 11) is 1.82. The van der Waals surface area contributed by atoms with Gasteiger partial charge in [0.05, 0.1) is 18.1 Å². The van der Waals surface area contributed by atoms with Gasteiger partial charge in [0.25, 0.3) is 0 Å². The lowest BCUT2D eigenvalue weighted by Gasteiger charge is -2.23. The molecular formula is C14H15ClN6O. The summed E-state index contributed by atoms with van der Waals surface area (Å²) in [4.78, 5) is 7.64. The smallest absolute Gasteiger partial charge is 0.134 e. The molecule has 0 amide bonds. The van der Waals surface area contributed by atoms with Gasteiger partial charge in [0, 0.05) is 37.3 Å². The number of H-pyrrole nitrogens is 1. The minimum atomic E-state index is -0.108. The average Bonchev–Trinajstić information content (AvgIpc) is 3.19. The Morgan fingerprint density at radius 1 is 1.45 bits per heavy atom. The summed E-state index contributed by atoms with van der Waals surface area (Å²) in [6.45, 7) is 2.70. The van der Waals surface area contributed by atoms with Crippen molar-refractivity contribution in [2.24, 2.45) is 7.05 Å². The van der Waals surface area contributed by atoms with E-state index in [2.05, 4.69) is 25.5 Å². The maximum absolute atomic E-state index is 6.50. The first-order valence-corrected chi connectivity index (χ1v) is 7.44. The monoisotopic (exact) mass is 318 g/mol. The molecule has 1 atom stereocenters. The number of rotatable bonds is 2. The number of imidazole rings is 1. The highest BCUT2D eigenvalue weighted by atomic mass is 35.5. The largest absolute Gasteiger partial charge is 0.361 e. The van der Waals surface area contributed by atoms with Crippen LogP contribution in [-0.4, -0.2) is 31.4 Å². The van der Waals surface area contributed by atoms with Gasteiger partial charge in [-0.2, -0.15) is 5.10 Å². The fourth-order valence-corrected chi connectivity index (χ4v) is 3.14. The molecule has 0 aromatic carbocycles. The topological polar surface area (TPSA) is 84.6 Å². The van der Waals surface area contributed by atoms with Crippen molar-refractivity contribution in [2.45, 2.75) is 19.4 Å². The Bertz CT molecular complexity index is 832. The molecule has 0 spiro atoms. The lowest BCUT2D eigenvalue weighted by Crippen LogP contribution is -2.31. The number of fused-ring (bicyclic) bond motifs is 1. The van der Waals surface area contributed by atoms with Gasteiger partial charge in [-0.15, -0.1) is 0 Å². The normalized spacial score (nSPS) is 17.7. The molecule has 0 saturated heterocycles. The van der Waals surface area contributed by atoms with Gasteiger partial charge < -0.3 is 14.8 Å². The van der Waals surface area contributed by atoms with Crippen molar-refractivity contribution < 1.29 is 4.52 Å². The fourth-order valence-electron chi connectivity index (χ4n) is 2.90. The lowest BCUT2D eigenvalue weighted by molar-refractivity contribution is 0.399. The minimum absolute atomic E-state index is 0.108. The Hall–Kier alpha value is -2.12. The van der Waals surface area contributed by atoms with Gasteiger partial charge in [-0.05, 0) is 6.92 Å². The standard InChI is InChI=1S/C14H15ClN6O/c1-7-5-9(20-22-7)11-10(14(15)21(2)19-11)13-12-8(3-4-16-13)17-6-18-12/h5-6,13,16H,3-4H2,1-2H3,(H,17,18)/t13-/m0/s1. The number of hydrogen-bond acceptors (Lipinski definition) is 5. The summed E-state index contributed by atoms with van der Waals surface area (Å²) in [5.41, 5.74) is 4.37. The number of aromatic amines is 1. The van der Waals surface area contributed by atoms with E-state index >= 15 is 0 Å². The minimum Gasteiger partial charge on any atom is -0.361 e. The van der Waals surface area contributed by atoms with Crippen LogP contribution in [0.4, 0.5) is 0 Å². The molecule has 3 aromatic heterocycles. The molecular weight excluding hydrogens is 304 g/mol. The van der Waals surface area contributed by atoms with Crippen LogP contribution < -0.4 is 5.32 Å². The van der Waals surface area contributed by atoms with Gasteiger partial charge in [-0.25, -0.2) is 4.98 Å². The summed E-state index contributed by atoms with van der Waals surface area (Å²) >= 11 is 6.50. The molecule has 7 nitrogen and oxygen atoms in total. The molecule has 4 rings (SSSR count). The molecule has 1 aliphatic rings. The third-order valence-electron chi connectivity index (χ3n) is 3.92. The molecule has 0 saturated carbocycles. The second-order valence-corrected chi connectivity index (χ2v) is 5.76. The Labute approximate surface area is 131 Å². The van der Waals surface area contributed by atoms with E-state index in [1.165, 1.54) is 0 Å². The number of nitrogens with zero attached hydrogens (tertiary/aromatic N) is 4. The van der Waals surface area contributed by atoms with E-state index in [0.29, 0.717) is 10.8 Å². The highest BCUT2D eigenvalue weighted by Gasteiger charge is 2.31. The van der Waals surface area contributed by atoms with Crippen LogP contribution in [0.1, 0.15) is 28.8 Å². The maximum Gasteiger partial charge on any atom is 0.134 e. The predicted molar refractivity (Wildman–Crippen MR) is 80.6 cm³/mol. The predicted octanol–water partition coefficient (Wildman–Crippen LogP) is 2.00. The molecule has 0 radical (unpaired) electrons. The van der Waals surface area contributed by atoms with Crippen LogP contribution in [0.3, 0.4) is 0 Å². The maximum atomic E-state index is 6.50. The van der Waals surface area contributed by atoms with Crippen molar-refractivity contribution in [3.8, 4) is 11.4 Å². The number of aromatic nitrogens is 5. The van der Waals surface area contributed by atoms with Gasteiger partial charge in [-0.3, -0.25) is 4.68 Å². The number of hydrogen-bond donors (Lipinski definition) is 2. The second kappa shape index (κ2) is 4.96. The van der Waals surface area contributed by atoms with Crippen molar-refractivity contribution in [3.63, 3.8) is 0 Å². The highest BCUT2D eigenvalue weighted by molar-refractivity contribution is 6.30. The molecule has 4 heterocycles. The van der Waals surface area contributed by atoms with Crippen LogP contribution in [-0.2, 0) is 13.5 Å². The summed E-state index contributed by atoms with van der Waals surface area (Å²) in [6, 6.07) is 1.75. The van der Waals surface area contributed by atoms with Gasteiger partial charge in [0.15, 0.2) is 0 Å². The van der Waals surface area contributed by atoms with E-state index in [1.807, 2.05) is 20.0 Å². The van der Waals surface area contributed by atoms with Crippen LogP contribution in [0.25, 0.3) is 11.4 Å². The molecule has 8 heteroatoms. The molecule has 3 aromatic rings. The molecule has 0 bridgehead atoms. The molecule has 1 aliphatic heterocycles. The van der Waals surface area contributed by atoms with Crippen LogP contribution in [0, 0.1) is 6.92 Å². The zero-order valence-electron chi connectivity index (χ0n) is 12.2. The second-order valence-electron chi connectivity index (χ2n) is 5.40. The molecule has 22 heavy (non-hydrogen) atoms. The Balaban J connectivity index is 1.89. The summed E-state index contributed by atoms with van der Waals surface area (Å²) < 4.78 is 6.83. The van der Waals surface area contributed by atoms with Crippen LogP contribution in [0.2, 0.25) is 5.15 Å². The average molecular weight is 319 g/mol. The van der Waals surface area contributed by atoms with Crippen molar-refractivity contribution >= 4 is 11.6 Å². The molecule has 0 fully saturated rings. The Kier molecular flexibility index (Phi) is 3.05. The number of halogens is 1. The van der Waals surface area contributed by atoms with E-state index in [4.69, 9.17) is 16.1 Å². The van der Waals surface area contributed by atoms with Crippen LogP contribution >= 0.6 is 11.6 Å².